The van der Waals surface area contributed by atoms with Crippen molar-refractivity contribution in [3.63, 3.8) is 0 Å². The van der Waals surface area contributed by atoms with E-state index >= 15 is 0 Å². The van der Waals surface area contributed by atoms with Crippen molar-refractivity contribution in [2.75, 3.05) is 6.54 Å². The van der Waals surface area contributed by atoms with Gasteiger partial charge in [0.2, 0.25) is 5.91 Å². The van der Waals surface area contributed by atoms with Gasteiger partial charge < -0.3 is 10.6 Å². The van der Waals surface area contributed by atoms with Crippen molar-refractivity contribution in [1.29, 1.82) is 0 Å². The maximum atomic E-state index is 10.9. The monoisotopic (exact) mass is 196 g/mol. The number of rotatable bonds is 6. The first-order valence-electron chi connectivity index (χ1n) is 5.36. The van der Waals surface area contributed by atoms with E-state index in [4.69, 9.17) is 0 Å². The van der Waals surface area contributed by atoms with Crippen molar-refractivity contribution in [3.05, 3.63) is 12.7 Å². The minimum atomic E-state index is 0.190. The van der Waals surface area contributed by atoms with E-state index in [1.54, 1.807) is 0 Å². The molecule has 1 aliphatic heterocycles. The van der Waals surface area contributed by atoms with Gasteiger partial charge in [-0.2, -0.15) is 0 Å². The molecule has 1 fully saturated rings. The molecule has 0 radical (unpaired) electrons. The third kappa shape index (κ3) is 3.92. The number of hydrogen-bond acceptors (Lipinski definition) is 2. The maximum Gasteiger partial charge on any atom is 0.220 e. The number of nitrogens with one attached hydrogen (secondary N) is 2. The fraction of sp³-hybridized carbons (Fsp3) is 0.727. The molecule has 1 heterocycles. The molecule has 1 saturated heterocycles. The van der Waals surface area contributed by atoms with Gasteiger partial charge in [0, 0.05) is 25.0 Å². The van der Waals surface area contributed by atoms with Crippen molar-refractivity contribution in [3.8, 4) is 0 Å². The molecule has 80 valence electrons. The summed E-state index contributed by atoms with van der Waals surface area (Å²) in [6.07, 6.45) is 5.76. The summed E-state index contributed by atoms with van der Waals surface area (Å²) >= 11 is 0. The Bertz CT molecular complexity index is 203. The van der Waals surface area contributed by atoms with Crippen molar-refractivity contribution >= 4 is 5.91 Å². The summed E-state index contributed by atoms with van der Waals surface area (Å²) in [5, 5.41) is 6.36. The van der Waals surface area contributed by atoms with Crippen LogP contribution in [0.1, 0.15) is 32.6 Å². The zero-order valence-electron chi connectivity index (χ0n) is 8.88. The van der Waals surface area contributed by atoms with Crippen LogP contribution in [0.2, 0.25) is 0 Å². The third-order valence-electron chi connectivity index (χ3n) is 2.60. The van der Waals surface area contributed by atoms with Gasteiger partial charge in [0.1, 0.15) is 0 Å². The molecule has 2 atom stereocenters. The van der Waals surface area contributed by atoms with E-state index in [-0.39, 0.29) is 5.91 Å². The summed E-state index contributed by atoms with van der Waals surface area (Å²) in [7, 11) is 0. The average molecular weight is 196 g/mol. The predicted octanol–water partition coefficient (Wildman–Crippen LogP) is 1.21. The van der Waals surface area contributed by atoms with Gasteiger partial charge in [-0.05, 0) is 26.2 Å². The molecule has 1 rings (SSSR count). The highest BCUT2D eigenvalue weighted by molar-refractivity contribution is 5.78. The van der Waals surface area contributed by atoms with E-state index in [1.165, 1.54) is 0 Å². The van der Waals surface area contributed by atoms with Crippen LogP contribution in [0.15, 0.2) is 12.7 Å². The Hall–Kier alpha value is -0.830. The first-order valence-corrected chi connectivity index (χ1v) is 5.36. The fourth-order valence-electron chi connectivity index (χ4n) is 1.64. The molecule has 2 N–H and O–H groups in total. The number of amides is 1. The zero-order valence-corrected chi connectivity index (χ0v) is 8.88. The van der Waals surface area contributed by atoms with Crippen LogP contribution in [0.5, 0.6) is 0 Å². The normalized spacial score (nSPS) is 23.2. The lowest BCUT2D eigenvalue weighted by atomic mass is 10.1. The quantitative estimate of drug-likeness (QED) is 0.627. The predicted molar refractivity (Wildman–Crippen MR) is 58.1 cm³/mol. The number of allylic oxidation sites excluding steroid dienone is 1. The van der Waals surface area contributed by atoms with Gasteiger partial charge in [-0.15, -0.1) is 6.58 Å². The molecule has 2 unspecified atom stereocenters. The number of carbonyl (C=O) groups excluding carboxylic acids is 1. The lowest BCUT2D eigenvalue weighted by Gasteiger charge is -2.16. The molecule has 0 saturated carbocycles. The fourth-order valence-corrected chi connectivity index (χ4v) is 1.64. The van der Waals surface area contributed by atoms with E-state index in [9.17, 15) is 4.79 Å². The molecule has 0 spiro atoms. The zero-order chi connectivity index (χ0) is 10.4. The van der Waals surface area contributed by atoms with Crippen molar-refractivity contribution in [2.24, 2.45) is 0 Å². The Kier molecular flexibility index (Phi) is 4.66. The van der Waals surface area contributed by atoms with Gasteiger partial charge in [0.25, 0.3) is 0 Å². The second kappa shape index (κ2) is 5.81. The summed E-state index contributed by atoms with van der Waals surface area (Å²) in [5.74, 6) is 0.190. The second-order valence-corrected chi connectivity index (χ2v) is 3.98. The first-order chi connectivity index (χ1) is 6.72. The second-order valence-electron chi connectivity index (χ2n) is 3.98. The van der Waals surface area contributed by atoms with Crippen LogP contribution in [-0.4, -0.2) is 24.5 Å². The van der Waals surface area contributed by atoms with Gasteiger partial charge in [-0.3, -0.25) is 4.79 Å². The summed E-state index contributed by atoms with van der Waals surface area (Å²) in [6, 6.07) is 0.846. The van der Waals surface area contributed by atoms with Gasteiger partial charge >= 0.3 is 0 Å². The van der Waals surface area contributed by atoms with Gasteiger partial charge in [-0.25, -0.2) is 0 Å². The van der Waals surface area contributed by atoms with Gasteiger partial charge in [-0.1, -0.05) is 6.08 Å². The van der Waals surface area contributed by atoms with Crippen molar-refractivity contribution in [2.45, 2.75) is 44.7 Å². The van der Waals surface area contributed by atoms with E-state index in [1.807, 2.05) is 6.08 Å². The van der Waals surface area contributed by atoms with Crippen LogP contribution in [-0.2, 0) is 4.79 Å². The minimum absolute atomic E-state index is 0.190. The van der Waals surface area contributed by atoms with Crippen molar-refractivity contribution in [1.82, 2.24) is 10.6 Å². The molecule has 0 aromatic rings. The molecule has 1 aliphatic rings. The molecule has 3 nitrogen and oxygen atoms in total. The Balaban J connectivity index is 2.07. The first kappa shape index (κ1) is 11.2. The molecular weight excluding hydrogens is 176 g/mol. The van der Waals surface area contributed by atoms with E-state index in [0.717, 1.165) is 25.8 Å². The van der Waals surface area contributed by atoms with Crippen LogP contribution in [0.3, 0.4) is 0 Å². The maximum absolute atomic E-state index is 10.9. The Morgan fingerprint density at radius 3 is 3.14 bits per heavy atom. The van der Waals surface area contributed by atoms with Crippen LogP contribution >= 0.6 is 0 Å². The topological polar surface area (TPSA) is 41.1 Å². The minimum Gasteiger partial charge on any atom is -0.352 e. The Morgan fingerprint density at radius 2 is 2.57 bits per heavy atom. The molecule has 3 heteroatoms. The molecular formula is C11H20N2O. The van der Waals surface area contributed by atoms with Crippen LogP contribution in [0.4, 0.5) is 0 Å². The van der Waals surface area contributed by atoms with E-state index in [2.05, 4.69) is 24.1 Å². The third-order valence-corrected chi connectivity index (χ3v) is 2.60. The highest BCUT2D eigenvalue weighted by Gasteiger charge is 2.20. The molecule has 0 aromatic heterocycles. The lowest BCUT2D eigenvalue weighted by molar-refractivity contribution is -0.119. The number of hydrogen-bond donors (Lipinski definition) is 2. The Morgan fingerprint density at radius 1 is 1.79 bits per heavy atom. The SMILES string of the molecule is C=CCCC(C)NCC1CCC(=O)N1. The number of carbonyl (C=O) groups is 1. The summed E-state index contributed by atoms with van der Waals surface area (Å²) < 4.78 is 0. The average Bonchev–Trinajstić information content (AvgIpc) is 2.58. The van der Waals surface area contributed by atoms with Gasteiger partial charge in [0.05, 0.1) is 0 Å². The molecule has 1 amide bonds. The van der Waals surface area contributed by atoms with Crippen LogP contribution < -0.4 is 10.6 Å². The smallest absolute Gasteiger partial charge is 0.220 e. The molecule has 0 bridgehead atoms. The standard InChI is InChI=1S/C11H20N2O/c1-3-4-5-9(2)12-8-10-6-7-11(14)13-10/h3,9-10,12H,1,4-8H2,2H3,(H,13,14). The highest BCUT2D eigenvalue weighted by Crippen LogP contribution is 2.06. The van der Waals surface area contributed by atoms with E-state index in [0.29, 0.717) is 18.5 Å². The van der Waals surface area contributed by atoms with Crippen molar-refractivity contribution < 1.29 is 4.79 Å². The summed E-state index contributed by atoms with van der Waals surface area (Å²) in [6.45, 7) is 6.76. The summed E-state index contributed by atoms with van der Waals surface area (Å²) in [4.78, 5) is 10.9. The van der Waals surface area contributed by atoms with Gasteiger partial charge in [0.15, 0.2) is 0 Å². The van der Waals surface area contributed by atoms with Crippen LogP contribution in [0, 0.1) is 0 Å². The molecule has 0 aromatic carbocycles. The summed E-state index contributed by atoms with van der Waals surface area (Å²) in [5.41, 5.74) is 0. The van der Waals surface area contributed by atoms with E-state index < -0.39 is 0 Å². The van der Waals surface area contributed by atoms with Crippen LogP contribution in [0.25, 0.3) is 0 Å². The largest absolute Gasteiger partial charge is 0.352 e. The lowest BCUT2D eigenvalue weighted by Crippen LogP contribution is -2.39. The molecule has 0 aliphatic carbocycles. The molecule has 14 heavy (non-hydrogen) atoms. The Labute approximate surface area is 86.0 Å². The highest BCUT2D eigenvalue weighted by atomic mass is 16.1.